The number of aryl methyl sites for hydroxylation is 1. The van der Waals surface area contributed by atoms with Crippen molar-refractivity contribution < 1.29 is 9.18 Å². The molecule has 3 rings (SSSR count). The minimum atomic E-state index is -0.217. The van der Waals surface area contributed by atoms with E-state index >= 15 is 0 Å². The van der Waals surface area contributed by atoms with E-state index in [-0.39, 0.29) is 17.8 Å². The fourth-order valence-electron chi connectivity index (χ4n) is 3.10. The molecule has 5 nitrogen and oxygen atoms in total. The van der Waals surface area contributed by atoms with E-state index in [9.17, 15) is 9.18 Å². The number of anilines is 1. The molecular weight excluding hydrogens is 319 g/mol. The lowest BCUT2D eigenvalue weighted by Gasteiger charge is -2.12. The zero-order valence-corrected chi connectivity index (χ0v) is 14.4. The molecule has 1 aromatic carbocycles. The van der Waals surface area contributed by atoms with Crippen LogP contribution in [-0.2, 0) is 6.42 Å². The highest BCUT2D eigenvalue weighted by Gasteiger charge is 2.19. The van der Waals surface area contributed by atoms with Gasteiger partial charge in [0.2, 0.25) is 5.95 Å². The first-order valence-electron chi connectivity index (χ1n) is 8.75. The number of hydrogen-bond acceptors (Lipinski definition) is 4. The number of aromatic nitrogens is 2. The third-order valence-electron chi connectivity index (χ3n) is 4.41. The Balaban J connectivity index is 1.60. The molecule has 6 heteroatoms. The lowest BCUT2D eigenvalue weighted by molar-refractivity contribution is 0.0932. The van der Waals surface area contributed by atoms with Crippen molar-refractivity contribution in [2.75, 3.05) is 11.9 Å². The molecule has 0 saturated heterocycles. The van der Waals surface area contributed by atoms with Crippen LogP contribution in [0.4, 0.5) is 10.3 Å². The number of carbonyl (C=O) groups excluding carboxylic acids is 1. The second-order valence-corrected chi connectivity index (χ2v) is 6.44. The second kappa shape index (κ2) is 8.05. The number of halogens is 1. The molecule has 1 heterocycles. The molecule has 0 radical (unpaired) electrons. The summed E-state index contributed by atoms with van der Waals surface area (Å²) in [5.41, 5.74) is 1.73. The first-order chi connectivity index (χ1) is 12.1. The molecule has 1 aliphatic rings. The summed E-state index contributed by atoms with van der Waals surface area (Å²) in [6.45, 7) is 2.32. The van der Waals surface area contributed by atoms with Crippen molar-refractivity contribution >= 4 is 11.9 Å². The van der Waals surface area contributed by atoms with Crippen LogP contribution in [0.25, 0.3) is 0 Å². The largest absolute Gasteiger partial charge is 0.354 e. The molecule has 2 N–H and O–H groups in total. The normalized spacial score (nSPS) is 14.5. The van der Waals surface area contributed by atoms with E-state index in [4.69, 9.17) is 0 Å². The minimum absolute atomic E-state index is 0.158. The topological polar surface area (TPSA) is 66.9 Å². The molecule has 1 fully saturated rings. The van der Waals surface area contributed by atoms with Gasteiger partial charge in [0.1, 0.15) is 11.5 Å². The van der Waals surface area contributed by atoms with E-state index in [1.807, 2.05) is 13.0 Å². The fraction of sp³-hybridized carbons (Fsp3) is 0.421. The van der Waals surface area contributed by atoms with Crippen molar-refractivity contribution in [3.8, 4) is 0 Å². The number of nitrogens with zero attached hydrogens (tertiary/aromatic N) is 2. The number of carbonyl (C=O) groups is 1. The van der Waals surface area contributed by atoms with Crippen LogP contribution >= 0.6 is 0 Å². The van der Waals surface area contributed by atoms with Crippen LogP contribution in [0.3, 0.4) is 0 Å². The van der Waals surface area contributed by atoms with Crippen LogP contribution in [0.1, 0.15) is 47.4 Å². The van der Waals surface area contributed by atoms with Crippen molar-refractivity contribution in [1.29, 1.82) is 0 Å². The summed E-state index contributed by atoms with van der Waals surface area (Å²) in [7, 11) is 0. The Morgan fingerprint density at radius 2 is 2.00 bits per heavy atom. The van der Waals surface area contributed by atoms with Gasteiger partial charge in [0.25, 0.3) is 5.91 Å². The van der Waals surface area contributed by atoms with Crippen molar-refractivity contribution in [3.05, 3.63) is 53.1 Å². The quantitative estimate of drug-likeness (QED) is 0.846. The highest BCUT2D eigenvalue weighted by molar-refractivity contribution is 5.92. The van der Waals surface area contributed by atoms with Gasteiger partial charge in [-0.25, -0.2) is 14.4 Å². The molecule has 1 saturated carbocycles. The molecule has 0 aliphatic heterocycles. The van der Waals surface area contributed by atoms with Crippen molar-refractivity contribution in [2.24, 2.45) is 0 Å². The summed E-state index contributed by atoms with van der Waals surface area (Å²) in [5.74, 6) is 0.0218. The number of hydrogen-bond donors (Lipinski definition) is 2. The number of rotatable bonds is 6. The summed E-state index contributed by atoms with van der Waals surface area (Å²) in [6.07, 6.45) is 4.91. The summed E-state index contributed by atoms with van der Waals surface area (Å²) >= 11 is 0. The third kappa shape index (κ3) is 4.75. The van der Waals surface area contributed by atoms with Gasteiger partial charge in [-0.05, 0) is 43.9 Å². The van der Waals surface area contributed by atoms with Gasteiger partial charge in [0.05, 0.1) is 0 Å². The van der Waals surface area contributed by atoms with Crippen molar-refractivity contribution in [1.82, 2.24) is 15.3 Å². The smallest absolute Gasteiger partial charge is 0.270 e. The third-order valence-corrected chi connectivity index (χ3v) is 4.41. The SMILES string of the molecule is Cc1cc(C(=O)NC2CCCC2)nc(NCCc2ccccc2F)n1. The van der Waals surface area contributed by atoms with Crippen LogP contribution < -0.4 is 10.6 Å². The van der Waals surface area contributed by atoms with E-state index in [0.29, 0.717) is 30.2 Å². The molecule has 0 bridgehead atoms. The Bertz CT molecular complexity index is 744. The lowest BCUT2D eigenvalue weighted by atomic mass is 10.1. The fourth-order valence-corrected chi connectivity index (χ4v) is 3.10. The Hall–Kier alpha value is -2.50. The van der Waals surface area contributed by atoms with Gasteiger partial charge in [-0.1, -0.05) is 31.0 Å². The van der Waals surface area contributed by atoms with Gasteiger partial charge < -0.3 is 10.6 Å². The summed E-state index contributed by atoms with van der Waals surface area (Å²) in [6, 6.07) is 8.63. The molecule has 132 valence electrons. The predicted octanol–water partition coefficient (Wildman–Crippen LogP) is 3.25. The van der Waals surface area contributed by atoms with Crippen LogP contribution in [0, 0.1) is 12.7 Å². The number of nitrogens with one attached hydrogen (secondary N) is 2. The summed E-state index contributed by atoms with van der Waals surface area (Å²) in [4.78, 5) is 21.0. The Morgan fingerprint density at radius 3 is 2.76 bits per heavy atom. The first-order valence-corrected chi connectivity index (χ1v) is 8.75. The Kier molecular flexibility index (Phi) is 5.58. The van der Waals surface area contributed by atoms with E-state index < -0.39 is 0 Å². The molecule has 1 aliphatic carbocycles. The van der Waals surface area contributed by atoms with Gasteiger partial charge in [0.15, 0.2) is 0 Å². The standard InChI is InChI=1S/C19H23FN4O/c1-13-12-17(18(25)23-15-7-3-4-8-15)24-19(22-13)21-11-10-14-6-2-5-9-16(14)20/h2,5-6,9,12,15H,3-4,7-8,10-11H2,1H3,(H,23,25)(H,21,22,24). The summed E-state index contributed by atoms with van der Waals surface area (Å²) in [5, 5.41) is 6.11. The lowest BCUT2D eigenvalue weighted by Crippen LogP contribution is -2.33. The van der Waals surface area contributed by atoms with Gasteiger partial charge >= 0.3 is 0 Å². The van der Waals surface area contributed by atoms with Gasteiger partial charge in [-0.2, -0.15) is 0 Å². The van der Waals surface area contributed by atoms with Gasteiger partial charge in [-0.3, -0.25) is 4.79 Å². The van der Waals surface area contributed by atoms with E-state index in [2.05, 4.69) is 20.6 Å². The average molecular weight is 342 g/mol. The molecule has 1 aromatic heterocycles. The van der Waals surface area contributed by atoms with Crippen molar-refractivity contribution in [2.45, 2.75) is 45.1 Å². The zero-order chi connectivity index (χ0) is 17.6. The molecular formula is C19H23FN4O. The Labute approximate surface area is 147 Å². The maximum absolute atomic E-state index is 13.6. The van der Waals surface area contributed by atoms with Crippen LogP contribution in [-0.4, -0.2) is 28.5 Å². The zero-order valence-electron chi connectivity index (χ0n) is 14.4. The molecule has 25 heavy (non-hydrogen) atoms. The molecule has 0 atom stereocenters. The highest BCUT2D eigenvalue weighted by atomic mass is 19.1. The van der Waals surface area contributed by atoms with Crippen LogP contribution in [0.2, 0.25) is 0 Å². The average Bonchev–Trinajstić information content (AvgIpc) is 3.09. The summed E-state index contributed by atoms with van der Waals surface area (Å²) < 4.78 is 13.6. The van der Waals surface area contributed by atoms with Crippen molar-refractivity contribution in [3.63, 3.8) is 0 Å². The minimum Gasteiger partial charge on any atom is -0.354 e. The molecule has 0 spiro atoms. The van der Waals surface area contributed by atoms with E-state index in [0.717, 1.165) is 31.4 Å². The van der Waals surface area contributed by atoms with E-state index in [1.165, 1.54) is 6.07 Å². The molecule has 0 unspecified atom stereocenters. The van der Waals surface area contributed by atoms with E-state index in [1.54, 1.807) is 18.2 Å². The maximum Gasteiger partial charge on any atom is 0.270 e. The van der Waals surface area contributed by atoms with Crippen LogP contribution in [0.15, 0.2) is 30.3 Å². The maximum atomic E-state index is 13.6. The Morgan fingerprint density at radius 1 is 1.24 bits per heavy atom. The van der Waals surface area contributed by atoms with Crippen LogP contribution in [0.5, 0.6) is 0 Å². The predicted molar refractivity (Wildman–Crippen MR) is 95.1 cm³/mol. The first kappa shape index (κ1) is 17.3. The van der Waals surface area contributed by atoms with Gasteiger partial charge in [0, 0.05) is 18.3 Å². The van der Waals surface area contributed by atoms with Gasteiger partial charge in [-0.15, -0.1) is 0 Å². The second-order valence-electron chi connectivity index (χ2n) is 6.44. The number of benzene rings is 1. The highest BCUT2D eigenvalue weighted by Crippen LogP contribution is 2.18. The number of amides is 1. The molecule has 2 aromatic rings. The monoisotopic (exact) mass is 342 g/mol. The molecule has 1 amide bonds.